The summed E-state index contributed by atoms with van der Waals surface area (Å²) in [4.78, 5) is 39.5. The fraction of sp³-hybridized carbons (Fsp3) is 0.389. The zero-order valence-electron chi connectivity index (χ0n) is 15.1. The Labute approximate surface area is 155 Å². The molecule has 0 atom stereocenters. The van der Waals surface area contributed by atoms with E-state index >= 15 is 0 Å². The van der Waals surface area contributed by atoms with Gasteiger partial charge in [-0.15, -0.1) is 0 Å². The SMILES string of the molecule is Cn1c(N)c(N2CCCCC2)c(=O)n(CC(=O)Nc2ccc(F)cc2)c1=O. The number of halogens is 1. The second-order valence-electron chi connectivity index (χ2n) is 6.57. The standard InChI is InChI=1S/C18H22FN5O3/c1-22-16(20)15(23-9-3-2-4-10-23)17(26)24(18(22)27)11-14(25)21-13-7-5-12(19)6-8-13/h5-8H,2-4,9-11,20H2,1H3,(H,21,25). The summed E-state index contributed by atoms with van der Waals surface area (Å²) in [5.41, 5.74) is 5.42. The van der Waals surface area contributed by atoms with E-state index in [0.29, 0.717) is 18.8 Å². The molecular formula is C18H22FN5O3. The monoisotopic (exact) mass is 375 g/mol. The number of carbonyl (C=O) groups is 1. The molecule has 3 rings (SSSR count). The first-order valence-electron chi connectivity index (χ1n) is 8.78. The van der Waals surface area contributed by atoms with Crippen molar-refractivity contribution in [3.05, 3.63) is 50.9 Å². The highest BCUT2D eigenvalue weighted by Gasteiger charge is 2.23. The number of anilines is 3. The third-order valence-electron chi connectivity index (χ3n) is 4.67. The van der Waals surface area contributed by atoms with Crippen LogP contribution >= 0.6 is 0 Å². The summed E-state index contributed by atoms with van der Waals surface area (Å²) in [7, 11) is 1.47. The van der Waals surface area contributed by atoms with E-state index < -0.39 is 29.5 Å². The molecule has 8 nitrogen and oxygen atoms in total. The number of benzene rings is 1. The summed E-state index contributed by atoms with van der Waals surface area (Å²) in [5.74, 6) is -0.889. The van der Waals surface area contributed by atoms with E-state index in [-0.39, 0.29) is 11.5 Å². The molecule has 0 spiro atoms. The molecule has 144 valence electrons. The second-order valence-corrected chi connectivity index (χ2v) is 6.57. The van der Waals surface area contributed by atoms with Crippen LogP contribution in [0.1, 0.15) is 19.3 Å². The minimum absolute atomic E-state index is 0.0992. The first kappa shape index (κ1) is 18.7. The molecule has 2 heterocycles. The van der Waals surface area contributed by atoms with E-state index in [1.807, 2.05) is 4.90 Å². The Balaban J connectivity index is 1.91. The summed E-state index contributed by atoms with van der Waals surface area (Å²) >= 11 is 0. The Morgan fingerprint density at radius 2 is 1.78 bits per heavy atom. The maximum absolute atomic E-state index is 13.0. The van der Waals surface area contributed by atoms with Gasteiger partial charge in [-0.25, -0.2) is 13.8 Å². The van der Waals surface area contributed by atoms with Crippen LogP contribution in [0, 0.1) is 5.82 Å². The summed E-state index contributed by atoms with van der Waals surface area (Å²) < 4.78 is 15.0. The van der Waals surface area contributed by atoms with Gasteiger partial charge in [0.05, 0.1) is 0 Å². The van der Waals surface area contributed by atoms with E-state index in [0.717, 1.165) is 23.8 Å². The molecule has 1 aromatic heterocycles. The molecule has 1 fully saturated rings. The fourth-order valence-electron chi connectivity index (χ4n) is 3.20. The van der Waals surface area contributed by atoms with Crippen LogP contribution in [0.5, 0.6) is 0 Å². The summed E-state index contributed by atoms with van der Waals surface area (Å²) in [5, 5.41) is 2.55. The van der Waals surface area contributed by atoms with Gasteiger partial charge in [-0.1, -0.05) is 0 Å². The normalized spacial score (nSPS) is 14.2. The largest absolute Gasteiger partial charge is 0.383 e. The molecule has 0 radical (unpaired) electrons. The van der Waals surface area contributed by atoms with Gasteiger partial charge < -0.3 is 16.0 Å². The molecule has 1 aromatic carbocycles. The lowest BCUT2D eigenvalue weighted by molar-refractivity contribution is -0.116. The molecule has 0 aliphatic carbocycles. The van der Waals surface area contributed by atoms with Crippen molar-refractivity contribution in [2.24, 2.45) is 7.05 Å². The molecular weight excluding hydrogens is 353 g/mol. The van der Waals surface area contributed by atoms with Crippen LogP contribution in [-0.2, 0) is 18.4 Å². The Kier molecular flexibility index (Phi) is 5.29. The van der Waals surface area contributed by atoms with E-state index in [4.69, 9.17) is 5.73 Å². The second kappa shape index (κ2) is 7.65. The highest BCUT2D eigenvalue weighted by Crippen LogP contribution is 2.20. The Morgan fingerprint density at radius 3 is 2.41 bits per heavy atom. The summed E-state index contributed by atoms with van der Waals surface area (Å²) in [6.45, 7) is 0.906. The van der Waals surface area contributed by atoms with Gasteiger partial charge in [0.1, 0.15) is 23.9 Å². The number of carbonyl (C=O) groups excluding carboxylic acids is 1. The molecule has 9 heteroatoms. The molecule has 0 unspecified atom stereocenters. The highest BCUT2D eigenvalue weighted by atomic mass is 19.1. The predicted octanol–water partition coefficient (Wildman–Crippen LogP) is 0.897. The molecule has 2 aromatic rings. The zero-order valence-corrected chi connectivity index (χ0v) is 15.1. The van der Waals surface area contributed by atoms with Crippen molar-refractivity contribution in [3.8, 4) is 0 Å². The van der Waals surface area contributed by atoms with Crippen LogP contribution in [0.2, 0.25) is 0 Å². The maximum Gasteiger partial charge on any atom is 0.332 e. The average molecular weight is 375 g/mol. The summed E-state index contributed by atoms with van der Waals surface area (Å²) in [6, 6.07) is 5.21. The predicted molar refractivity (Wildman–Crippen MR) is 101 cm³/mol. The van der Waals surface area contributed by atoms with Crippen molar-refractivity contribution in [3.63, 3.8) is 0 Å². The Morgan fingerprint density at radius 1 is 1.15 bits per heavy atom. The maximum atomic E-state index is 13.0. The number of hydrogen-bond donors (Lipinski definition) is 2. The number of amides is 1. The smallest absolute Gasteiger partial charge is 0.332 e. The van der Waals surface area contributed by atoms with Gasteiger partial charge in [-0.05, 0) is 43.5 Å². The highest BCUT2D eigenvalue weighted by molar-refractivity contribution is 5.90. The molecule has 3 N–H and O–H groups in total. The molecule has 0 saturated carbocycles. The lowest BCUT2D eigenvalue weighted by atomic mass is 10.1. The van der Waals surface area contributed by atoms with Crippen LogP contribution in [0.3, 0.4) is 0 Å². The molecule has 1 aliphatic heterocycles. The first-order valence-corrected chi connectivity index (χ1v) is 8.78. The number of nitrogens with zero attached hydrogens (tertiary/aromatic N) is 3. The van der Waals surface area contributed by atoms with E-state index in [9.17, 15) is 18.8 Å². The van der Waals surface area contributed by atoms with Gasteiger partial charge in [0.2, 0.25) is 5.91 Å². The first-order chi connectivity index (χ1) is 12.9. The van der Waals surface area contributed by atoms with Gasteiger partial charge in [0.15, 0.2) is 0 Å². The quantitative estimate of drug-likeness (QED) is 0.827. The van der Waals surface area contributed by atoms with E-state index in [1.165, 1.54) is 35.9 Å². The lowest BCUT2D eigenvalue weighted by Gasteiger charge is -2.29. The molecule has 1 saturated heterocycles. The van der Waals surface area contributed by atoms with Gasteiger partial charge in [0, 0.05) is 25.8 Å². The van der Waals surface area contributed by atoms with Crippen LogP contribution in [0.4, 0.5) is 21.6 Å². The Bertz CT molecular complexity index is 959. The van der Waals surface area contributed by atoms with E-state index in [2.05, 4.69) is 5.32 Å². The number of rotatable bonds is 4. The van der Waals surface area contributed by atoms with Crippen molar-refractivity contribution >= 4 is 23.1 Å². The van der Waals surface area contributed by atoms with Gasteiger partial charge >= 0.3 is 5.69 Å². The Hall–Kier alpha value is -3.10. The van der Waals surface area contributed by atoms with Gasteiger partial charge in [-0.2, -0.15) is 0 Å². The van der Waals surface area contributed by atoms with Crippen LogP contribution < -0.4 is 27.2 Å². The number of piperidine rings is 1. The number of nitrogens with one attached hydrogen (secondary N) is 1. The topological polar surface area (TPSA) is 102 Å². The van der Waals surface area contributed by atoms with Crippen molar-refractivity contribution in [1.82, 2.24) is 9.13 Å². The molecule has 1 amide bonds. The fourth-order valence-corrected chi connectivity index (χ4v) is 3.20. The molecule has 27 heavy (non-hydrogen) atoms. The van der Waals surface area contributed by atoms with Crippen LogP contribution in [0.15, 0.2) is 33.9 Å². The van der Waals surface area contributed by atoms with Crippen LogP contribution in [-0.4, -0.2) is 28.1 Å². The van der Waals surface area contributed by atoms with Gasteiger partial charge in [0.25, 0.3) is 5.56 Å². The zero-order chi connectivity index (χ0) is 19.6. The van der Waals surface area contributed by atoms with Crippen molar-refractivity contribution in [2.45, 2.75) is 25.8 Å². The molecule has 0 bridgehead atoms. The van der Waals surface area contributed by atoms with Crippen molar-refractivity contribution in [1.29, 1.82) is 0 Å². The molecule has 1 aliphatic rings. The minimum atomic E-state index is -0.660. The third kappa shape index (κ3) is 3.86. The minimum Gasteiger partial charge on any atom is -0.383 e. The average Bonchev–Trinajstić information content (AvgIpc) is 2.66. The number of nitrogens with two attached hydrogens (primary N) is 1. The number of hydrogen-bond acceptors (Lipinski definition) is 5. The van der Waals surface area contributed by atoms with Crippen molar-refractivity contribution in [2.75, 3.05) is 29.0 Å². The third-order valence-corrected chi connectivity index (χ3v) is 4.67. The van der Waals surface area contributed by atoms with Crippen molar-refractivity contribution < 1.29 is 9.18 Å². The number of aromatic nitrogens is 2. The summed E-state index contributed by atoms with van der Waals surface area (Å²) in [6.07, 6.45) is 2.95. The van der Waals surface area contributed by atoms with E-state index in [1.54, 1.807) is 0 Å². The number of nitrogen functional groups attached to an aromatic ring is 1. The lowest BCUT2D eigenvalue weighted by Crippen LogP contribution is -2.46. The van der Waals surface area contributed by atoms with Gasteiger partial charge in [-0.3, -0.25) is 14.2 Å². The van der Waals surface area contributed by atoms with Crippen LogP contribution in [0.25, 0.3) is 0 Å².